The van der Waals surface area contributed by atoms with Crippen molar-refractivity contribution in [2.24, 2.45) is 23.2 Å². The van der Waals surface area contributed by atoms with Gasteiger partial charge in [0.25, 0.3) is 5.91 Å². The van der Waals surface area contributed by atoms with Crippen LogP contribution in [0, 0.1) is 5.92 Å². The molecular formula is C39H69N7O15. The molecule has 22 heteroatoms. The second kappa shape index (κ2) is 37.7. The maximum Gasteiger partial charge on any atom is 0.404 e. The van der Waals surface area contributed by atoms with Crippen LogP contribution in [0.4, 0.5) is 10.5 Å². The number of unbranched alkanes of at least 4 members (excludes halogenated alkanes) is 1. The normalized spacial score (nSPS) is 12.1. The van der Waals surface area contributed by atoms with Crippen LogP contribution >= 0.6 is 0 Å². The van der Waals surface area contributed by atoms with Crippen molar-refractivity contribution >= 4 is 35.4 Å². The molecular weight excluding hydrogens is 806 g/mol. The SMILES string of the molecule is CC(C)[C@H](NC(=O)COCCOCCOCCOCCOCCOCCOCCOCCOCC(=O)NN)C(=O)N[C@@H](CCCCN)C(=O)Nc1ccc(COC(N)=O)cc1. The number of carbonyl (C=O) groups is 5. The quantitative estimate of drug-likeness (QED) is 0.0182. The third-order valence-electron chi connectivity index (χ3n) is 8.05. The van der Waals surface area contributed by atoms with Crippen LogP contribution in [0.5, 0.6) is 0 Å². The summed E-state index contributed by atoms with van der Waals surface area (Å²) < 4.78 is 53.3. The molecule has 2 atom stereocenters. The van der Waals surface area contributed by atoms with Crippen LogP contribution in [-0.4, -0.2) is 167 Å². The van der Waals surface area contributed by atoms with Crippen LogP contribution in [0.25, 0.3) is 0 Å². The predicted molar refractivity (Wildman–Crippen MR) is 221 cm³/mol. The van der Waals surface area contributed by atoms with Gasteiger partial charge >= 0.3 is 6.09 Å². The van der Waals surface area contributed by atoms with Gasteiger partial charge in [-0.05, 0) is 49.4 Å². The maximum atomic E-state index is 13.3. The van der Waals surface area contributed by atoms with E-state index in [0.717, 1.165) is 0 Å². The van der Waals surface area contributed by atoms with Gasteiger partial charge in [0.1, 0.15) is 31.9 Å². The molecule has 5 amide bonds. The van der Waals surface area contributed by atoms with Crippen molar-refractivity contribution in [3.63, 3.8) is 0 Å². The van der Waals surface area contributed by atoms with Gasteiger partial charge in [-0.15, -0.1) is 0 Å². The lowest BCUT2D eigenvalue weighted by Gasteiger charge is -2.25. The molecule has 0 aliphatic heterocycles. The molecule has 1 rings (SSSR count). The van der Waals surface area contributed by atoms with Gasteiger partial charge in [0.15, 0.2) is 0 Å². The van der Waals surface area contributed by atoms with Crippen molar-refractivity contribution in [2.75, 3.05) is 131 Å². The van der Waals surface area contributed by atoms with Crippen LogP contribution in [0.3, 0.4) is 0 Å². The van der Waals surface area contributed by atoms with Crippen LogP contribution in [0.2, 0.25) is 0 Å². The smallest absolute Gasteiger partial charge is 0.404 e. The van der Waals surface area contributed by atoms with E-state index in [-0.39, 0.29) is 45.6 Å². The summed E-state index contributed by atoms with van der Waals surface area (Å²) in [7, 11) is 0. The minimum atomic E-state index is -0.912. The largest absolute Gasteiger partial charge is 0.445 e. The van der Waals surface area contributed by atoms with Crippen molar-refractivity contribution in [3.8, 4) is 0 Å². The molecule has 1 aromatic rings. The zero-order valence-corrected chi connectivity index (χ0v) is 35.7. The third kappa shape index (κ3) is 31.4. The first kappa shape index (κ1) is 54.9. The first-order valence-corrected chi connectivity index (χ1v) is 20.4. The predicted octanol–water partition coefficient (Wildman–Crippen LogP) is -0.886. The Hall–Kier alpha value is -4.07. The van der Waals surface area contributed by atoms with Gasteiger partial charge in [0, 0.05) is 5.69 Å². The summed E-state index contributed by atoms with van der Waals surface area (Å²) in [5.41, 5.74) is 13.8. The maximum absolute atomic E-state index is 13.3. The number of amides is 5. The number of primary amides is 1. The summed E-state index contributed by atoms with van der Waals surface area (Å²) in [4.78, 5) is 60.9. The average molecular weight is 876 g/mol. The molecule has 0 saturated carbocycles. The lowest BCUT2D eigenvalue weighted by atomic mass is 10.0. The Morgan fingerprint density at radius 1 is 0.574 bits per heavy atom. The van der Waals surface area contributed by atoms with Crippen molar-refractivity contribution in [2.45, 2.75) is 51.8 Å². The average Bonchev–Trinajstić information content (AvgIpc) is 3.24. The number of anilines is 1. The molecule has 0 bridgehead atoms. The molecule has 10 N–H and O–H groups in total. The monoisotopic (exact) mass is 875 g/mol. The fraction of sp³-hybridized carbons (Fsp3) is 0.718. The number of rotatable bonds is 40. The molecule has 1 aromatic carbocycles. The zero-order valence-electron chi connectivity index (χ0n) is 35.7. The third-order valence-corrected chi connectivity index (χ3v) is 8.05. The Balaban J connectivity index is 2.09. The molecule has 61 heavy (non-hydrogen) atoms. The number of nitrogens with one attached hydrogen (secondary N) is 4. The number of hydrazine groups is 1. The van der Waals surface area contributed by atoms with E-state index in [1.54, 1.807) is 38.1 Å². The highest BCUT2D eigenvalue weighted by Crippen LogP contribution is 2.13. The summed E-state index contributed by atoms with van der Waals surface area (Å²) in [6.07, 6.45) is 0.709. The van der Waals surface area contributed by atoms with Crippen LogP contribution in [0.1, 0.15) is 38.7 Å². The molecule has 0 aromatic heterocycles. The lowest BCUT2D eigenvalue weighted by molar-refractivity contribution is -0.134. The van der Waals surface area contributed by atoms with Gasteiger partial charge in [0.2, 0.25) is 17.7 Å². The lowest BCUT2D eigenvalue weighted by Crippen LogP contribution is -2.55. The van der Waals surface area contributed by atoms with Crippen LogP contribution in [-0.2, 0) is 73.2 Å². The Morgan fingerprint density at radius 3 is 1.39 bits per heavy atom. The first-order valence-electron chi connectivity index (χ1n) is 20.4. The van der Waals surface area contributed by atoms with E-state index in [0.29, 0.717) is 123 Å². The Bertz CT molecular complexity index is 1310. The van der Waals surface area contributed by atoms with Gasteiger partial charge in [-0.25, -0.2) is 10.6 Å². The van der Waals surface area contributed by atoms with E-state index in [1.807, 2.05) is 5.43 Å². The molecule has 350 valence electrons. The summed E-state index contributed by atoms with van der Waals surface area (Å²) in [5.74, 6) is 2.84. The zero-order chi connectivity index (χ0) is 44.8. The van der Waals surface area contributed by atoms with Gasteiger partial charge in [-0.1, -0.05) is 26.0 Å². The topological polar surface area (TPSA) is 304 Å². The van der Waals surface area contributed by atoms with E-state index in [1.165, 1.54) is 0 Å². The van der Waals surface area contributed by atoms with Crippen molar-refractivity contribution in [3.05, 3.63) is 29.8 Å². The van der Waals surface area contributed by atoms with Gasteiger partial charge < -0.3 is 74.8 Å². The Labute approximate surface area is 358 Å². The molecule has 0 heterocycles. The number of hydrogen-bond acceptors (Lipinski definition) is 17. The molecule has 0 aliphatic carbocycles. The highest BCUT2D eigenvalue weighted by molar-refractivity contribution is 5.98. The number of hydrogen-bond donors (Lipinski definition) is 7. The van der Waals surface area contributed by atoms with Crippen molar-refractivity contribution in [1.29, 1.82) is 0 Å². The summed E-state index contributed by atoms with van der Waals surface area (Å²) >= 11 is 0. The van der Waals surface area contributed by atoms with Crippen LogP contribution in [0.15, 0.2) is 24.3 Å². The van der Waals surface area contributed by atoms with E-state index in [2.05, 4.69) is 16.0 Å². The van der Waals surface area contributed by atoms with E-state index in [4.69, 9.17) is 64.7 Å². The van der Waals surface area contributed by atoms with E-state index < -0.39 is 41.8 Å². The van der Waals surface area contributed by atoms with Crippen molar-refractivity contribution in [1.82, 2.24) is 16.1 Å². The highest BCUT2D eigenvalue weighted by Gasteiger charge is 2.29. The fourth-order valence-corrected chi connectivity index (χ4v) is 4.87. The summed E-state index contributed by atoms with van der Waals surface area (Å²) in [6.45, 7) is 9.55. The molecule has 0 radical (unpaired) electrons. The molecule has 0 fully saturated rings. The van der Waals surface area contributed by atoms with Gasteiger partial charge in [-0.2, -0.15) is 0 Å². The molecule has 22 nitrogen and oxygen atoms in total. The van der Waals surface area contributed by atoms with E-state index in [9.17, 15) is 24.0 Å². The summed E-state index contributed by atoms with van der Waals surface area (Å²) in [5, 5.41) is 8.27. The molecule has 0 spiro atoms. The summed E-state index contributed by atoms with van der Waals surface area (Å²) in [6, 6.07) is 4.83. The highest BCUT2D eigenvalue weighted by atomic mass is 16.6. The minimum Gasteiger partial charge on any atom is -0.445 e. The van der Waals surface area contributed by atoms with Gasteiger partial charge in [-0.3, -0.25) is 24.6 Å². The Kier molecular flexibility index (Phi) is 33.9. The number of nitrogens with two attached hydrogens (primary N) is 3. The molecule has 0 unspecified atom stereocenters. The second-order valence-corrected chi connectivity index (χ2v) is 13.4. The van der Waals surface area contributed by atoms with Crippen molar-refractivity contribution < 1.29 is 71.3 Å². The molecule has 0 saturated heterocycles. The molecule has 0 aliphatic rings. The van der Waals surface area contributed by atoms with Gasteiger partial charge in [0.05, 0.1) is 106 Å². The van der Waals surface area contributed by atoms with E-state index >= 15 is 0 Å². The number of benzene rings is 1. The minimum absolute atomic E-state index is 0.00647. The number of ether oxygens (including phenoxy) is 10. The fourth-order valence-electron chi connectivity index (χ4n) is 4.87. The second-order valence-electron chi connectivity index (χ2n) is 13.4. The standard InChI is InChI=1S/C39H69N7O15/c1-30(2)36(38(50)44-33(5-3-4-10-40)37(49)43-32-8-6-31(7-9-32)27-61-39(41)51)45-34(47)28-59-25-23-57-21-19-55-17-15-53-13-11-52-12-14-54-16-18-56-20-22-58-24-26-60-29-35(48)46-42/h6-9,30,33,36H,3-5,10-29,40,42H2,1-2H3,(H2,41,51)(H,43,49)(H,44,50)(H,45,47)(H,46,48)/t33-,36-/m0/s1. The van der Waals surface area contributed by atoms with Crippen LogP contribution < -0.4 is 38.7 Å². The Morgan fingerprint density at radius 2 is 1.00 bits per heavy atom. The number of carbonyl (C=O) groups excluding carboxylic acids is 5. The first-order chi connectivity index (χ1) is 29.6.